The molecule has 2 aromatic rings. The molecule has 4 heteroatoms. The van der Waals surface area contributed by atoms with E-state index in [4.69, 9.17) is 4.74 Å². The van der Waals surface area contributed by atoms with Crippen LogP contribution in [0.15, 0.2) is 24.4 Å². The fourth-order valence-electron chi connectivity index (χ4n) is 2.34. The van der Waals surface area contributed by atoms with Crippen LogP contribution in [-0.2, 0) is 11.2 Å². The summed E-state index contributed by atoms with van der Waals surface area (Å²) in [6.45, 7) is 2.72. The predicted molar refractivity (Wildman–Crippen MR) is 70.2 cm³/mol. The first-order valence-electron chi connectivity index (χ1n) is 5.90. The molecule has 0 saturated heterocycles. The average molecular weight is 259 g/mol. The number of thiophene rings is 1. The minimum absolute atomic E-state index is 0.125. The lowest BCUT2D eigenvalue weighted by Gasteiger charge is -2.24. The molecule has 0 bridgehead atoms. The van der Waals surface area contributed by atoms with Gasteiger partial charge in [-0.05, 0) is 31.0 Å². The molecule has 1 aliphatic rings. The smallest absolute Gasteiger partial charge is 0.160 e. The van der Waals surface area contributed by atoms with Crippen molar-refractivity contribution < 1.29 is 9.53 Å². The molecule has 0 radical (unpaired) electrons. The van der Waals surface area contributed by atoms with Crippen molar-refractivity contribution in [2.75, 3.05) is 6.61 Å². The Bertz CT molecular complexity index is 591. The van der Waals surface area contributed by atoms with Crippen LogP contribution < -0.4 is 0 Å². The van der Waals surface area contributed by atoms with Crippen LogP contribution in [0.2, 0.25) is 0 Å². The summed E-state index contributed by atoms with van der Waals surface area (Å²) in [5, 5.41) is 0. The zero-order chi connectivity index (χ0) is 12.5. The van der Waals surface area contributed by atoms with Crippen molar-refractivity contribution in [1.29, 1.82) is 0 Å². The highest BCUT2D eigenvalue weighted by atomic mass is 32.1. The van der Waals surface area contributed by atoms with Gasteiger partial charge in [-0.15, -0.1) is 11.3 Å². The molecule has 0 amide bonds. The standard InChI is InChI=1S/C14H13NO2S/c1-9-12(7-11(8-16)18-9)14-13-10(4-6-17-14)3-2-5-15-13/h2-3,5,7-8,14H,4,6H2,1H3. The number of aryl methyl sites for hydroxylation is 1. The Morgan fingerprint density at radius 1 is 1.56 bits per heavy atom. The van der Waals surface area contributed by atoms with Crippen molar-refractivity contribution in [2.24, 2.45) is 0 Å². The highest BCUT2D eigenvalue weighted by Crippen LogP contribution is 2.35. The normalized spacial score (nSPS) is 18.4. The number of hydrogen-bond acceptors (Lipinski definition) is 4. The summed E-state index contributed by atoms with van der Waals surface area (Å²) in [5.41, 5.74) is 3.30. The number of aromatic nitrogens is 1. The SMILES string of the molecule is Cc1sc(C=O)cc1C1OCCc2cccnc21. The van der Waals surface area contributed by atoms with E-state index in [1.54, 1.807) is 6.20 Å². The van der Waals surface area contributed by atoms with E-state index in [0.29, 0.717) is 6.61 Å². The molecule has 1 atom stereocenters. The molecule has 1 unspecified atom stereocenters. The predicted octanol–water partition coefficient (Wildman–Crippen LogP) is 2.93. The first-order valence-corrected chi connectivity index (χ1v) is 6.72. The number of pyridine rings is 1. The zero-order valence-corrected chi connectivity index (χ0v) is 10.9. The molecule has 18 heavy (non-hydrogen) atoms. The molecule has 2 aromatic heterocycles. The van der Waals surface area contributed by atoms with Gasteiger partial charge in [0.1, 0.15) is 6.10 Å². The van der Waals surface area contributed by atoms with E-state index in [-0.39, 0.29) is 6.10 Å². The number of aldehydes is 1. The highest BCUT2D eigenvalue weighted by Gasteiger charge is 2.26. The van der Waals surface area contributed by atoms with Crippen molar-refractivity contribution in [2.45, 2.75) is 19.4 Å². The van der Waals surface area contributed by atoms with Crippen LogP contribution in [0.3, 0.4) is 0 Å². The number of hydrogen-bond donors (Lipinski definition) is 0. The van der Waals surface area contributed by atoms with Gasteiger partial charge in [-0.1, -0.05) is 6.07 Å². The van der Waals surface area contributed by atoms with Crippen LogP contribution in [0.25, 0.3) is 0 Å². The molecule has 0 fully saturated rings. The van der Waals surface area contributed by atoms with Crippen LogP contribution in [0, 0.1) is 6.92 Å². The first-order chi connectivity index (χ1) is 8.79. The average Bonchev–Trinajstić information content (AvgIpc) is 2.79. The summed E-state index contributed by atoms with van der Waals surface area (Å²) in [6.07, 6.45) is 3.47. The van der Waals surface area contributed by atoms with Gasteiger partial charge in [0.15, 0.2) is 6.29 Å². The minimum atomic E-state index is -0.125. The molecular formula is C14H13NO2S. The Morgan fingerprint density at radius 2 is 2.44 bits per heavy atom. The molecule has 92 valence electrons. The topological polar surface area (TPSA) is 39.2 Å². The largest absolute Gasteiger partial charge is 0.367 e. The third-order valence-electron chi connectivity index (χ3n) is 3.20. The molecule has 1 aliphatic heterocycles. The van der Waals surface area contributed by atoms with Gasteiger partial charge in [-0.25, -0.2) is 0 Å². The maximum absolute atomic E-state index is 10.9. The molecule has 0 saturated carbocycles. The van der Waals surface area contributed by atoms with Gasteiger partial charge in [-0.3, -0.25) is 9.78 Å². The second-order valence-electron chi connectivity index (χ2n) is 4.33. The van der Waals surface area contributed by atoms with Crippen LogP contribution in [0.4, 0.5) is 0 Å². The zero-order valence-electron chi connectivity index (χ0n) is 10.1. The number of ether oxygens (including phenoxy) is 1. The maximum Gasteiger partial charge on any atom is 0.160 e. The number of carbonyl (C=O) groups is 1. The van der Waals surface area contributed by atoms with Gasteiger partial charge in [0.25, 0.3) is 0 Å². The molecule has 0 aromatic carbocycles. The monoisotopic (exact) mass is 259 g/mol. The fraction of sp³-hybridized carbons (Fsp3) is 0.286. The Morgan fingerprint density at radius 3 is 3.22 bits per heavy atom. The Balaban J connectivity index is 2.07. The fourth-order valence-corrected chi connectivity index (χ4v) is 3.21. The van der Waals surface area contributed by atoms with Crippen molar-refractivity contribution in [3.8, 4) is 0 Å². The third-order valence-corrected chi connectivity index (χ3v) is 4.20. The summed E-state index contributed by atoms with van der Waals surface area (Å²) < 4.78 is 5.86. The molecule has 0 N–H and O–H groups in total. The lowest BCUT2D eigenvalue weighted by molar-refractivity contribution is 0.0663. The minimum Gasteiger partial charge on any atom is -0.367 e. The molecule has 3 rings (SSSR count). The van der Waals surface area contributed by atoms with Crippen molar-refractivity contribution in [1.82, 2.24) is 4.98 Å². The van der Waals surface area contributed by atoms with Gasteiger partial charge in [-0.2, -0.15) is 0 Å². The van der Waals surface area contributed by atoms with E-state index >= 15 is 0 Å². The Hall–Kier alpha value is -1.52. The number of fused-ring (bicyclic) bond motifs is 1. The van der Waals surface area contributed by atoms with Gasteiger partial charge < -0.3 is 4.74 Å². The maximum atomic E-state index is 10.9. The van der Waals surface area contributed by atoms with Gasteiger partial charge >= 0.3 is 0 Å². The summed E-state index contributed by atoms with van der Waals surface area (Å²) in [7, 11) is 0. The van der Waals surface area contributed by atoms with Crippen LogP contribution in [0.1, 0.15) is 37.5 Å². The third kappa shape index (κ3) is 1.87. The van der Waals surface area contributed by atoms with Gasteiger partial charge in [0.2, 0.25) is 0 Å². The summed E-state index contributed by atoms with van der Waals surface area (Å²) in [4.78, 5) is 17.2. The Labute approximate surface area is 109 Å². The van der Waals surface area contributed by atoms with E-state index in [9.17, 15) is 4.79 Å². The van der Waals surface area contributed by atoms with Gasteiger partial charge in [0, 0.05) is 16.6 Å². The number of carbonyl (C=O) groups excluding carboxylic acids is 1. The van der Waals surface area contributed by atoms with Crippen molar-refractivity contribution in [3.05, 3.63) is 51.0 Å². The van der Waals surface area contributed by atoms with Crippen LogP contribution in [-0.4, -0.2) is 17.9 Å². The molecule has 0 aliphatic carbocycles. The van der Waals surface area contributed by atoms with E-state index in [1.807, 2.05) is 19.1 Å². The van der Waals surface area contributed by atoms with E-state index in [2.05, 4.69) is 11.1 Å². The van der Waals surface area contributed by atoms with Gasteiger partial charge in [0.05, 0.1) is 17.2 Å². The number of nitrogens with zero attached hydrogens (tertiary/aromatic N) is 1. The second-order valence-corrected chi connectivity index (χ2v) is 5.61. The first kappa shape index (κ1) is 11.6. The number of rotatable bonds is 2. The lowest BCUT2D eigenvalue weighted by atomic mass is 9.98. The second kappa shape index (κ2) is 4.63. The summed E-state index contributed by atoms with van der Waals surface area (Å²) in [5.74, 6) is 0. The summed E-state index contributed by atoms with van der Waals surface area (Å²) >= 11 is 1.51. The van der Waals surface area contributed by atoms with E-state index < -0.39 is 0 Å². The molecule has 3 heterocycles. The van der Waals surface area contributed by atoms with Crippen molar-refractivity contribution >= 4 is 17.6 Å². The summed E-state index contributed by atoms with van der Waals surface area (Å²) in [6, 6.07) is 5.97. The molecular weight excluding hydrogens is 246 g/mol. The van der Waals surface area contributed by atoms with E-state index in [1.165, 1.54) is 16.9 Å². The van der Waals surface area contributed by atoms with Crippen LogP contribution >= 0.6 is 11.3 Å². The van der Waals surface area contributed by atoms with Crippen LogP contribution in [0.5, 0.6) is 0 Å². The molecule has 0 spiro atoms. The Kier molecular flexibility index (Phi) is 2.97. The highest BCUT2D eigenvalue weighted by molar-refractivity contribution is 7.13. The quantitative estimate of drug-likeness (QED) is 0.778. The van der Waals surface area contributed by atoms with E-state index in [0.717, 1.165) is 33.7 Å². The lowest BCUT2D eigenvalue weighted by Crippen LogP contribution is -2.18. The molecule has 3 nitrogen and oxygen atoms in total. The van der Waals surface area contributed by atoms with Crippen molar-refractivity contribution in [3.63, 3.8) is 0 Å².